The summed E-state index contributed by atoms with van der Waals surface area (Å²) in [6, 6.07) is 7.54. The lowest BCUT2D eigenvalue weighted by atomic mass is 10.1. The number of unbranched alkanes of at least 4 members (excludes halogenated alkanes) is 3. The molecule has 0 saturated heterocycles. The highest BCUT2D eigenvalue weighted by molar-refractivity contribution is 5.88. The minimum Gasteiger partial charge on any atom is -0.293 e. The third-order valence-corrected chi connectivity index (χ3v) is 2.97. The van der Waals surface area contributed by atoms with Crippen molar-refractivity contribution in [3.8, 4) is 0 Å². The topological polar surface area (TPSA) is 35.5 Å². The maximum Gasteiger partial charge on any atom is 0.373 e. The van der Waals surface area contributed by atoms with Gasteiger partial charge in [-0.2, -0.15) is 4.89 Å². The van der Waals surface area contributed by atoms with Crippen LogP contribution in [0, 0.1) is 0 Å². The number of aryl methyl sites for hydroxylation is 1. The normalized spacial score (nSPS) is 10.4. The van der Waals surface area contributed by atoms with Gasteiger partial charge in [-0.15, -0.1) is 0 Å². The maximum atomic E-state index is 11.7. The van der Waals surface area contributed by atoms with Gasteiger partial charge in [0.15, 0.2) is 0 Å². The molecule has 0 aliphatic rings. The molecule has 0 aliphatic heterocycles. The maximum absolute atomic E-state index is 11.7. The highest BCUT2D eigenvalue weighted by atomic mass is 17.2. The van der Waals surface area contributed by atoms with Gasteiger partial charge in [0.25, 0.3) is 0 Å². The van der Waals surface area contributed by atoms with E-state index in [0.29, 0.717) is 12.2 Å². The third-order valence-electron chi connectivity index (χ3n) is 2.97. The molecule has 0 amide bonds. The summed E-state index contributed by atoms with van der Waals surface area (Å²) in [6.45, 7) is 4.75. The quantitative estimate of drug-likeness (QED) is 0.379. The summed E-state index contributed by atoms with van der Waals surface area (Å²) in [6.07, 6.45) is 6.53. The van der Waals surface area contributed by atoms with E-state index in [1.54, 1.807) is 12.1 Å². The zero-order valence-electron chi connectivity index (χ0n) is 12.0. The molecule has 0 unspecified atom stereocenters. The lowest BCUT2D eigenvalue weighted by Gasteiger charge is -2.04. The van der Waals surface area contributed by atoms with Crippen molar-refractivity contribution in [3.05, 3.63) is 35.4 Å². The van der Waals surface area contributed by atoms with Crippen LogP contribution in [0.3, 0.4) is 0 Å². The van der Waals surface area contributed by atoms with Crippen LogP contribution in [-0.4, -0.2) is 12.6 Å². The Bertz CT molecular complexity index is 357. The Balaban J connectivity index is 2.32. The molecular formula is C16H24O3. The average Bonchev–Trinajstić information content (AvgIpc) is 2.45. The zero-order valence-corrected chi connectivity index (χ0v) is 12.0. The van der Waals surface area contributed by atoms with Crippen molar-refractivity contribution < 1.29 is 14.6 Å². The lowest BCUT2D eigenvalue weighted by molar-refractivity contribution is -0.241. The van der Waals surface area contributed by atoms with Crippen LogP contribution in [0.4, 0.5) is 0 Å². The van der Waals surface area contributed by atoms with Crippen molar-refractivity contribution in [2.45, 2.75) is 52.4 Å². The minimum absolute atomic E-state index is 0.418. The fraction of sp³-hybridized carbons (Fsp3) is 0.562. The van der Waals surface area contributed by atoms with Gasteiger partial charge in [0.05, 0.1) is 12.2 Å². The number of rotatable bonds is 9. The van der Waals surface area contributed by atoms with Crippen molar-refractivity contribution in [1.29, 1.82) is 0 Å². The Morgan fingerprint density at radius 2 is 1.68 bits per heavy atom. The molecule has 0 spiro atoms. The Labute approximate surface area is 115 Å². The molecule has 1 aromatic carbocycles. The van der Waals surface area contributed by atoms with Gasteiger partial charge in [-0.05, 0) is 37.0 Å². The van der Waals surface area contributed by atoms with Crippen LogP contribution in [0.5, 0.6) is 0 Å². The molecule has 0 radical (unpaired) electrons. The first-order valence-electron chi connectivity index (χ1n) is 7.20. The molecule has 1 rings (SSSR count). The van der Waals surface area contributed by atoms with Crippen LogP contribution in [0.25, 0.3) is 0 Å². The second kappa shape index (κ2) is 9.56. The summed E-state index contributed by atoms with van der Waals surface area (Å²) in [5, 5.41) is 0. The van der Waals surface area contributed by atoms with E-state index < -0.39 is 5.97 Å². The van der Waals surface area contributed by atoms with Gasteiger partial charge in [-0.1, -0.05) is 45.2 Å². The summed E-state index contributed by atoms with van der Waals surface area (Å²) in [7, 11) is 0. The van der Waals surface area contributed by atoms with E-state index in [0.717, 1.165) is 25.7 Å². The molecule has 0 N–H and O–H groups in total. The Kier molecular flexibility index (Phi) is 7.91. The molecule has 0 saturated carbocycles. The van der Waals surface area contributed by atoms with Crippen LogP contribution >= 0.6 is 0 Å². The molecule has 0 aliphatic carbocycles. The number of carbonyl (C=O) groups is 1. The third kappa shape index (κ3) is 6.39. The molecule has 106 valence electrons. The van der Waals surface area contributed by atoms with Gasteiger partial charge < -0.3 is 0 Å². The summed E-state index contributed by atoms with van der Waals surface area (Å²) < 4.78 is 0. The Morgan fingerprint density at radius 1 is 1.00 bits per heavy atom. The molecule has 0 aromatic heterocycles. The molecule has 1 aromatic rings. The second-order valence-electron chi connectivity index (χ2n) is 4.70. The van der Waals surface area contributed by atoms with Crippen molar-refractivity contribution >= 4 is 5.97 Å². The van der Waals surface area contributed by atoms with Crippen molar-refractivity contribution in [2.75, 3.05) is 6.61 Å². The first-order valence-corrected chi connectivity index (χ1v) is 7.20. The molecule has 0 fully saturated rings. The predicted molar refractivity (Wildman–Crippen MR) is 75.9 cm³/mol. The van der Waals surface area contributed by atoms with Crippen LogP contribution in [0.15, 0.2) is 24.3 Å². The summed E-state index contributed by atoms with van der Waals surface area (Å²) >= 11 is 0. The van der Waals surface area contributed by atoms with E-state index in [2.05, 4.69) is 13.8 Å². The summed E-state index contributed by atoms with van der Waals surface area (Å²) in [4.78, 5) is 21.3. The smallest absolute Gasteiger partial charge is 0.293 e. The molecule has 0 heterocycles. The standard InChI is InChI=1S/C16H24O3/c1-3-5-7-13-18-19-16(17)15-11-9-14(10-12-15)8-6-4-2/h9-12H,3-8,13H2,1-2H3. The van der Waals surface area contributed by atoms with Crippen LogP contribution in [-0.2, 0) is 16.2 Å². The fourth-order valence-corrected chi connectivity index (χ4v) is 1.74. The average molecular weight is 264 g/mol. The van der Waals surface area contributed by atoms with Crippen LogP contribution < -0.4 is 0 Å². The molecule has 0 bridgehead atoms. The Hall–Kier alpha value is -1.35. The van der Waals surface area contributed by atoms with Gasteiger partial charge in [0.2, 0.25) is 0 Å². The van der Waals surface area contributed by atoms with Crippen molar-refractivity contribution in [1.82, 2.24) is 0 Å². The van der Waals surface area contributed by atoms with E-state index in [1.165, 1.54) is 18.4 Å². The number of hydrogen-bond donors (Lipinski definition) is 0. The van der Waals surface area contributed by atoms with E-state index >= 15 is 0 Å². The van der Waals surface area contributed by atoms with Gasteiger partial charge in [0, 0.05) is 0 Å². The van der Waals surface area contributed by atoms with Gasteiger partial charge in [-0.25, -0.2) is 4.79 Å². The number of hydrogen-bond acceptors (Lipinski definition) is 3. The fourth-order valence-electron chi connectivity index (χ4n) is 1.74. The first-order chi connectivity index (χ1) is 9.27. The van der Waals surface area contributed by atoms with Crippen molar-refractivity contribution in [2.24, 2.45) is 0 Å². The van der Waals surface area contributed by atoms with Crippen LogP contribution in [0.2, 0.25) is 0 Å². The second-order valence-corrected chi connectivity index (χ2v) is 4.70. The predicted octanol–water partition coefficient (Wildman–Crippen LogP) is 4.31. The highest BCUT2D eigenvalue weighted by Gasteiger charge is 2.07. The molecule has 0 atom stereocenters. The molecule has 3 heteroatoms. The van der Waals surface area contributed by atoms with Gasteiger partial charge in [0.1, 0.15) is 0 Å². The zero-order chi connectivity index (χ0) is 13.9. The van der Waals surface area contributed by atoms with E-state index in [4.69, 9.17) is 9.78 Å². The van der Waals surface area contributed by atoms with Gasteiger partial charge in [-0.3, -0.25) is 4.89 Å². The molecule has 3 nitrogen and oxygen atoms in total. The summed E-state index contributed by atoms with van der Waals surface area (Å²) in [5.41, 5.74) is 1.79. The first kappa shape index (κ1) is 15.7. The van der Waals surface area contributed by atoms with E-state index in [9.17, 15) is 4.79 Å². The summed E-state index contributed by atoms with van der Waals surface area (Å²) in [5.74, 6) is -0.418. The van der Waals surface area contributed by atoms with Crippen molar-refractivity contribution in [3.63, 3.8) is 0 Å². The number of benzene rings is 1. The molecule has 19 heavy (non-hydrogen) atoms. The number of carbonyl (C=O) groups excluding carboxylic acids is 1. The van der Waals surface area contributed by atoms with E-state index in [1.807, 2.05) is 12.1 Å². The van der Waals surface area contributed by atoms with E-state index in [-0.39, 0.29) is 0 Å². The molecular weight excluding hydrogens is 240 g/mol. The lowest BCUT2D eigenvalue weighted by Crippen LogP contribution is -2.07. The Morgan fingerprint density at radius 3 is 2.32 bits per heavy atom. The minimum atomic E-state index is -0.418. The largest absolute Gasteiger partial charge is 0.373 e. The van der Waals surface area contributed by atoms with Gasteiger partial charge >= 0.3 is 5.97 Å². The monoisotopic (exact) mass is 264 g/mol. The highest BCUT2D eigenvalue weighted by Crippen LogP contribution is 2.09. The SMILES string of the molecule is CCCCCOOC(=O)c1ccc(CCCC)cc1. The van der Waals surface area contributed by atoms with Crippen LogP contribution in [0.1, 0.15) is 61.9 Å².